The quantitative estimate of drug-likeness (QED) is 0.325. The lowest BCUT2D eigenvalue weighted by Crippen LogP contribution is -2.46. The number of pyridine rings is 1. The number of thiazole rings is 1. The zero-order chi connectivity index (χ0) is 24.6. The fraction of sp³-hybridized carbons (Fsp3) is 0.292. The molecule has 0 radical (unpaired) electrons. The number of aromatic nitrogens is 2. The van der Waals surface area contributed by atoms with Gasteiger partial charge in [0, 0.05) is 24.3 Å². The minimum atomic E-state index is -3.62. The maximum Gasteiger partial charge on any atom is 0.252 e. The molecule has 1 aliphatic rings. The van der Waals surface area contributed by atoms with Crippen LogP contribution in [0.15, 0.2) is 58.3 Å². The van der Waals surface area contributed by atoms with Crippen LogP contribution in [-0.2, 0) is 21.4 Å². The Morgan fingerprint density at radius 1 is 1.23 bits per heavy atom. The van der Waals surface area contributed by atoms with Crippen LogP contribution in [0.25, 0.3) is 10.2 Å². The van der Waals surface area contributed by atoms with E-state index in [1.54, 1.807) is 28.6 Å². The first kappa shape index (κ1) is 24.3. The Morgan fingerprint density at radius 2 is 2.09 bits per heavy atom. The Labute approximate surface area is 217 Å². The standard InChI is InChI=1S/C24H23ClN4O3S3/c1-16-19(25)9-10-20-22(16)27-24(34-20)29(15-18-7-2-3-11-26-18)23(30)17-6-4-12-28(14-17)35(31,32)21-8-5-13-33-21/h2-3,5,7-11,13,17H,4,6,12,14-15H2,1H3. The first-order chi connectivity index (χ1) is 16.8. The predicted molar refractivity (Wildman–Crippen MR) is 141 cm³/mol. The third-order valence-corrected chi connectivity index (χ3v) is 10.8. The number of hydrogen-bond acceptors (Lipinski definition) is 7. The van der Waals surface area contributed by atoms with Crippen molar-refractivity contribution in [1.29, 1.82) is 0 Å². The predicted octanol–water partition coefficient (Wildman–Crippen LogP) is 5.35. The van der Waals surface area contributed by atoms with Crippen molar-refractivity contribution in [3.8, 4) is 0 Å². The van der Waals surface area contributed by atoms with Gasteiger partial charge in [0.25, 0.3) is 10.0 Å². The molecule has 4 heterocycles. The Bertz CT molecular complexity index is 1460. The number of aryl methyl sites for hydroxylation is 1. The molecule has 1 unspecified atom stereocenters. The van der Waals surface area contributed by atoms with E-state index in [-0.39, 0.29) is 19.0 Å². The lowest BCUT2D eigenvalue weighted by molar-refractivity contribution is -0.123. The second-order valence-electron chi connectivity index (χ2n) is 8.40. The summed E-state index contributed by atoms with van der Waals surface area (Å²) in [7, 11) is -3.62. The van der Waals surface area contributed by atoms with Crippen LogP contribution in [0.4, 0.5) is 5.13 Å². The van der Waals surface area contributed by atoms with Gasteiger partial charge in [-0.1, -0.05) is 35.1 Å². The summed E-state index contributed by atoms with van der Waals surface area (Å²) in [5, 5.41) is 2.92. The fourth-order valence-corrected chi connectivity index (χ4v) is 8.07. The topological polar surface area (TPSA) is 83.5 Å². The van der Waals surface area contributed by atoms with Crippen LogP contribution >= 0.6 is 34.3 Å². The summed E-state index contributed by atoms with van der Waals surface area (Å²) < 4.78 is 28.9. The number of carbonyl (C=O) groups is 1. The summed E-state index contributed by atoms with van der Waals surface area (Å²) in [5.41, 5.74) is 2.36. The van der Waals surface area contributed by atoms with Crippen molar-refractivity contribution >= 4 is 65.6 Å². The van der Waals surface area contributed by atoms with Gasteiger partial charge in [-0.15, -0.1) is 11.3 Å². The lowest BCUT2D eigenvalue weighted by atomic mass is 9.98. The SMILES string of the molecule is Cc1c(Cl)ccc2sc(N(Cc3ccccn3)C(=O)C3CCCN(S(=O)(=O)c4cccs4)C3)nc12. The van der Waals surface area contributed by atoms with Crippen LogP contribution < -0.4 is 4.90 Å². The molecule has 1 fully saturated rings. The molecule has 5 rings (SSSR count). The zero-order valence-corrected chi connectivity index (χ0v) is 22.1. The molecule has 0 spiro atoms. The van der Waals surface area contributed by atoms with Crippen LogP contribution in [0.3, 0.4) is 0 Å². The second kappa shape index (κ2) is 9.94. The van der Waals surface area contributed by atoms with Gasteiger partial charge in [-0.3, -0.25) is 14.7 Å². The normalized spacial score (nSPS) is 17.0. The lowest BCUT2D eigenvalue weighted by Gasteiger charge is -2.33. The molecule has 0 N–H and O–H groups in total. The number of anilines is 1. The third kappa shape index (κ3) is 4.85. The van der Waals surface area contributed by atoms with Crippen molar-refractivity contribution in [3.05, 3.63) is 70.3 Å². The van der Waals surface area contributed by atoms with E-state index >= 15 is 0 Å². The fourth-order valence-electron chi connectivity index (χ4n) is 4.22. The van der Waals surface area contributed by atoms with Crippen LogP contribution in [0.1, 0.15) is 24.1 Å². The molecule has 1 saturated heterocycles. The number of carbonyl (C=O) groups excluding carboxylic acids is 1. The highest BCUT2D eigenvalue weighted by atomic mass is 35.5. The van der Waals surface area contributed by atoms with E-state index in [2.05, 4.69) is 4.98 Å². The Hall–Kier alpha value is -2.37. The number of amides is 1. The summed E-state index contributed by atoms with van der Waals surface area (Å²) in [6, 6.07) is 12.6. The van der Waals surface area contributed by atoms with Crippen molar-refractivity contribution in [3.63, 3.8) is 0 Å². The summed E-state index contributed by atoms with van der Waals surface area (Å²) in [6.45, 7) is 2.71. The zero-order valence-electron chi connectivity index (χ0n) is 18.9. The first-order valence-corrected chi connectivity index (χ1v) is 14.7. The molecule has 35 heavy (non-hydrogen) atoms. The monoisotopic (exact) mass is 546 g/mol. The van der Waals surface area contributed by atoms with E-state index in [4.69, 9.17) is 16.6 Å². The number of hydrogen-bond donors (Lipinski definition) is 0. The second-order valence-corrected chi connectivity index (χ2v) is 12.9. The number of thiophene rings is 1. The molecule has 4 aromatic rings. The van der Waals surface area contributed by atoms with Gasteiger partial charge < -0.3 is 0 Å². The number of sulfonamides is 1. The number of fused-ring (bicyclic) bond motifs is 1. The summed E-state index contributed by atoms with van der Waals surface area (Å²) in [6.07, 6.45) is 2.92. The van der Waals surface area contributed by atoms with E-state index in [0.29, 0.717) is 33.7 Å². The van der Waals surface area contributed by atoms with Gasteiger partial charge in [-0.2, -0.15) is 4.31 Å². The largest absolute Gasteiger partial charge is 0.282 e. The molecule has 3 aromatic heterocycles. The Balaban J connectivity index is 1.48. The maximum atomic E-state index is 13.9. The van der Waals surface area contributed by atoms with E-state index < -0.39 is 15.9 Å². The highest BCUT2D eigenvalue weighted by Gasteiger charge is 2.36. The first-order valence-electron chi connectivity index (χ1n) is 11.1. The van der Waals surface area contributed by atoms with Crippen molar-refractivity contribution in [2.75, 3.05) is 18.0 Å². The van der Waals surface area contributed by atoms with E-state index in [1.165, 1.54) is 27.0 Å². The van der Waals surface area contributed by atoms with Gasteiger partial charge in [0.1, 0.15) is 4.21 Å². The molecular formula is C24H23ClN4O3S3. The molecule has 182 valence electrons. The third-order valence-electron chi connectivity index (χ3n) is 6.10. The van der Waals surface area contributed by atoms with Gasteiger partial charge >= 0.3 is 0 Å². The minimum Gasteiger partial charge on any atom is -0.282 e. The van der Waals surface area contributed by atoms with Crippen molar-refractivity contribution in [2.45, 2.75) is 30.5 Å². The van der Waals surface area contributed by atoms with E-state index in [1.807, 2.05) is 37.3 Å². The number of piperidine rings is 1. The number of benzene rings is 1. The van der Waals surface area contributed by atoms with Crippen LogP contribution in [0.5, 0.6) is 0 Å². The molecule has 0 saturated carbocycles. The maximum absolute atomic E-state index is 13.9. The average Bonchev–Trinajstić information content (AvgIpc) is 3.56. The number of rotatable bonds is 6. The van der Waals surface area contributed by atoms with Gasteiger partial charge in [0.15, 0.2) is 5.13 Å². The average molecular weight is 547 g/mol. The minimum absolute atomic E-state index is 0.146. The number of nitrogens with zero attached hydrogens (tertiary/aromatic N) is 4. The molecule has 0 bridgehead atoms. The summed E-state index contributed by atoms with van der Waals surface area (Å²) in [5.74, 6) is -0.622. The van der Waals surface area contributed by atoms with Crippen LogP contribution in [0.2, 0.25) is 5.02 Å². The van der Waals surface area contributed by atoms with Crippen molar-refractivity contribution in [1.82, 2.24) is 14.3 Å². The molecule has 7 nitrogen and oxygen atoms in total. The Morgan fingerprint density at radius 3 is 2.83 bits per heavy atom. The Kier molecular flexibility index (Phi) is 6.91. The molecule has 1 aromatic carbocycles. The summed E-state index contributed by atoms with van der Waals surface area (Å²) >= 11 is 8.92. The number of halogens is 1. The van der Waals surface area contributed by atoms with Gasteiger partial charge in [0.2, 0.25) is 5.91 Å². The van der Waals surface area contributed by atoms with Gasteiger partial charge in [-0.05, 0) is 61.0 Å². The summed E-state index contributed by atoms with van der Waals surface area (Å²) in [4.78, 5) is 24.7. The van der Waals surface area contributed by atoms with E-state index in [0.717, 1.165) is 21.5 Å². The molecule has 11 heteroatoms. The van der Waals surface area contributed by atoms with Crippen molar-refractivity contribution < 1.29 is 13.2 Å². The van der Waals surface area contributed by atoms with Crippen LogP contribution in [0, 0.1) is 12.8 Å². The van der Waals surface area contributed by atoms with Gasteiger partial charge in [-0.25, -0.2) is 13.4 Å². The highest BCUT2D eigenvalue weighted by molar-refractivity contribution is 7.91. The molecule has 1 aliphatic heterocycles. The smallest absolute Gasteiger partial charge is 0.252 e. The van der Waals surface area contributed by atoms with E-state index in [9.17, 15) is 13.2 Å². The van der Waals surface area contributed by atoms with Crippen molar-refractivity contribution in [2.24, 2.45) is 5.92 Å². The molecule has 1 amide bonds. The molecule has 1 atom stereocenters. The molecule has 0 aliphatic carbocycles. The van der Waals surface area contributed by atoms with Crippen LogP contribution in [-0.4, -0.2) is 41.7 Å². The molecular weight excluding hydrogens is 524 g/mol. The highest BCUT2D eigenvalue weighted by Crippen LogP contribution is 2.36. The van der Waals surface area contributed by atoms with Gasteiger partial charge in [0.05, 0.1) is 28.4 Å².